The predicted octanol–water partition coefficient (Wildman–Crippen LogP) is 2.65. The van der Waals surface area contributed by atoms with Gasteiger partial charge in [-0.05, 0) is 59.4 Å². The molecule has 4 rings (SSSR count). The third-order valence-corrected chi connectivity index (χ3v) is 6.18. The molecule has 36 heavy (non-hydrogen) atoms. The second kappa shape index (κ2) is 13.4. The van der Waals surface area contributed by atoms with Gasteiger partial charge in [0.1, 0.15) is 0 Å². The van der Waals surface area contributed by atoms with E-state index in [2.05, 4.69) is 12.1 Å². The number of halogens is 1. The van der Waals surface area contributed by atoms with E-state index >= 15 is 0 Å². The van der Waals surface area contributed by atoms with Crippen LogP contribution in [0.5, 0.6) is 0 Å². The summed E-state index contributed by atoms with van der Waals surface area (Å²) in [6.07, 6.45) is 1.64. The molecule has 0 aliphatic heterocycles. The van der Waals surface area contributed by atoms with Crippen LogP contribution in [0.1, 0.15) is 38.3 Å². The molecule has 176 valence electrons. The minimum atomic E-state index is -1.23. The van der Waals surface area contributed by atoms with Crippen molar-refractivity contribution in [1.82, 2.24) is 4.90 Å². The fourth-order valence-electron chi connectivity index (χ4n) is 4.17. The zero-order valence-corrected chi connectivity index (χ0v) is 22.9. The SMILES string of the molecule is O=C([O-])c1ccccc1-c1ccccc1CN(CCCc1ccccc1)C(=O)c1ccc(Cl)cc1.[Na+]. The van der Waals surface area contributed by atoms with Gasteiger partial charge in [0.25, 0.3) is 5.91 Å². The van der Waals surface area contributed by atoms with Crippen LogP contribution in [0.25, 0.3) is 11.1 Å². The van der Waals surface area contributed by atoms with Crippen molar-refractivity contribution in [2.24, 2.45) is 0 Å². The first kappa shape index (κ1) is 27.7. The Hall–Kier alpha value is -2.89. The van der Waals surface area contributed by atoms with E-state index in [9.17, 15) is 14.7 Å². The molecule has 0 atom stereocenters. The normalized spacial score (nSPS) is 10.4. The Morgan fingerprint density at radius 3 is 2.06 bits per heavy atom. The van der Waals surface area contributed by atoms with Crippen LogP contribution in [0.3, 0.4) is 0 Å². The standard InChI is InChI=1S/C30H26ClNO3.Na/c31-25-18-16-23(17-19-25)29(33)32(20-8-11-22-9-2-1-3-10-22)21-24-12-4-5-13-26(24)27-14-6-7-15-28(27)30(34)35;/h1-7,9-10,12-19H,8,11,20-21H2,(H,34,35);/q;+1/p-1. The van der Waals surface area contributed by atoms with E-state index in [0.29, 0.717) is 29.2 Å². The predicted molar refractivity (Wildman–Crippen MR) is 137 cm³/mol. The number of aryl methyl sites for hydroxylation is 1. The molecule has 0 radical (unpaired) electrons. The summed E-state index contributed by atoms with van der Waals surface area (Å²) in [5.41, 5.74) is 4.11. The quantitative estimate of drug-likeness (QED) is 0.329. The molecule has 0 heterocycles. The van der Waals surface area contributed by atoms with Crippen LogP contribution in [0, 0.1) is 0 Å². The number of carboxylic acids is 1. The van der Waals surface area contributed by atoms with Gasteiger partial charge >= 0.3 is 29.6 Å². The zero-order chi connectivity index (χ0) is 24.6. The summed E-state index contributed by atoms with van der Waals surface area (Å²) >= 11 is 6.03. The zero-order valence-electron chi connectivity index (χ0n) is 20.2. The van der Waals surface area contributed by atoms with Gasteiger partial charge in [-0.15, -0.1) is 0 Å². The maximum Gasteiger partial charge on any atom is 1.00 e. The molecule has 0 N–H and O–H groups in total. The van der Waals surface area contributed by atoms with Crippen LogP contribution in [0.2, 0.25) is 5.02 Å². The molecule has 0 spiro atoms. The van der Waals surface area contributed by atoms with Crippen LogP contribution in [0.4, 0.5) is 0 Å². The van der Waals surface area contributed by atoms with Crippen molar-refractivity contribution in [2.45, 2.75) is 19.4 Å². The largest absolute Gasteiger partial charge is 1.00 e. The van der Waals surface area contributed by atoms with Gasteiger partial charge in [-0.2, -0.15) is 0 Å². The second-order valence-corrected chi connectivity index (χ2v) is 8.75. The third kappa shape index (κ3) is 7.08. The summed E-state index contributed by atoms with van der Waals surface area (Å²) < 4.78 is 0. The van der Waals surface area contributed by atoms with Crippen molar-refractivity contribution in [3.8, 4) is 11.1 Å². The maximum absolute atomic E-state index is 13.5. The smallest absolute Gasteiger partial charge is 0.545 e. The molecule has 4 aromatic carbocycles. The van der Waals surface area contributed by atoms with Crippen LogP contribution in [-0.4, -0.2) is 23.3 Å². The van der Waals surface area contributed by atoms with Crippen LogP contribution in [0.15, 0.2) is 103 Å². The van der Waals surface area contributed by atoms with Gasteiger partial charge in [0.05, 0.1) is 5.97 Å². The Labute approximate surface area is 238 Å². The average molecular weight is 506 g/mol. The minimum Gasteiger partial charge on any atom is -0.545 e. The van der Waals surface area contributed by atoms with Crippen molar-refractivity contribution in [1.29, 1.82) is 0 Å². The van der Waals surface area contributed by atoms with Crippen molar-refractivity contribution in [2.75, 3.05) is 6.54 Å². The van der Waals surface area contributed by atoms with Gasteiger partial charge in [-0.1, -0.05) is 90.5 Å². The van der Waals surface area contributed by atoms with Crippen LogP contribution < -0.4 is 34.7 Å². The number of benzene rings is 4. The van der Waals surface area contributed by atoms with Gasteiger partial charge in [-0.25, -0.2) is 0 Å². The second-order valence-electron chi connectivity index (χ2n) is 8.31. The monoisotopic (exact) mass is 505 g/mol. The van der Waals surface area contributed by atoms with Gasteiger partial charge in [0.2, 0.25) is 0 Å². The first-order valence-electron chi connectivity index (χ1n) is 11.5. The fraction of sp³-hybridized carbons (Fsp3) is 0.133. The van der Waals surface area contributed by atoms with Gasteiger partial charge < -0.3 is 14.8 Å². The topological polar surface area (TPSA) is 60.4 Å². The number of hydrogen-bond donors (Lipinski definition) is 0. The van der Waals surface area contributed by atoms with E-state index < -0.39 is 5.97 Å². The van der Waals surface area contributed by atoms with E-state index in [1.54, 1.807) is 42.5 Å². The Bertz CT molecular complexity index is 1310. The van der Waals surface area contributed by atoms with E-state index in [0.717, 1.165) is 24.0 Å². The minimum absolute atomic E-state index is 0. The number of carboxylic acid groups (broad SMARTS) is 1. The Morgan fingerprint density at radius 2 is 1.36 bits per heavy atom. The fourth-order valence-corrected chi connectivity index (χ4v) is 4.29. The Kier molecular flexibility index (Phi) is 10.3. The van der Waals surface area contributed by atoms with Gasteiger partial charge in [-0.3, -0.25) is 4.79 Å². The maximum atomic E-state index is 13.5. The molecule has 6 heteroatoms. The molecule has 0 unspecified atom stereocenters. The van der Waals surface area contributed by atoms with Crippen molar-refractivity contribution in [3.63, 3.8) is 0 Å². The molecule has 4 nitrogen and oxygen atoms in total. The van der Waals surface area contributed by atoms with Crippen LogP contribution in [-0.2, 0) is 13.0 Å². The Morgan fingerprint density at radius 1 is 0.750 bits per heavy atom. The van der Waals surface area contributed by atoms with E-state index in [1.165, 1.54) is 11.6 Å². The first-order valence-corrected chi connectivity index (χ1v) is 11.9. The number of hydrogen-bond acceptors (Lipinski definition) is 3. The van der Waals surface area contributed by atoms with Crippen molar-refractivity contribution < 1.29 is 44.3 Å². The molecule has 1 amide bonds. The molecule has 0 aliphatic rings. The van der Waals surface area contributed by atoms with E-state index in [4.69, 9.17) is 11.6 Å². The molecule has 0 bridgehead atoms. The number of carbonyl (C=O) groups is 2. The van der Waals surface area contributed by atoms with Crippen molar-refractivity contribution in [3.05, 3.63) is 130 Å². The molecule has 4 aromatic rings. The van der Waals surface area contributed by atoms with Gasteiger partial charge in [0, 0.05) is 29.2 Å². The summed E-state index contributed by atoms with van der Waals surface area (Å²) in [4.78, 5) is 27.1. The van der Waals surface area contributed by atoms with Crippen LogP contribution >= 0.6 is 11.6 Å². The summed E-state index contributed by atoms with van der Waals surface area (Å²) in [5, 5.41) is 12.3. The molecule has 0 saturated heterocycles. The van der Waals surface area contributed by atoms with Crippen molar-refractivity contribution >= 4 is 23.5 Å². The molecular formula is C30H25ClNNaO3. The first-order chi connectivity index (χ1) is 17.0. The average Bonchev–Trinajstić information content (AvgIpc) is 2.89. The number of aromatic carboxylic acids is 1. The van der Waals surface area contributed by atoms with E-state index in [-0.39, 0.29) is 41.0 Å². The van der Waals surface area contributed by atoms with Gasteiger partial charge in [0.15, 0.2) is 0 Å². The number of rotatable bonds is 9. The summed E-state index contributed by atoms with van der Waals surface area (Å²) in [7, 11) is 0. The number of amides is 1. The summed E-state index contributed by atoms with van der Waals surface area (Å²) in [6, 6.07) is 31.4. The number of nitrogens with zero attached hydrogens (tertiary/aromatic N) is 1. The third-order valence-electron chi connectivity index (χ3n) is 5.93. The molecule has 0 aliphatic carbocycles. The molecule has 0 saturated carbocycles. The Balaban J connectivity index is 0.00000361. The molecule has 0 fully saturated rings. The van der Waals surface area contributed by atoms with E-state index in [1.807, 2.05) is 47.4 Å². The summed E-state index contributed by atoms with van der Waals surface area (Å²) in [6.45, 7) is 0.890. The summed E-state index contributed by atoms with van der Waals surface area (Å²) in [5.74, 6) is -1.33. The molecule has 0 aromatic heterocycles. The number of carbonyl (C=O) groups excluding carboxylic acids is 2. The molecular weight excluding hydrogens is 481 g/mol.